The number of hydrogen-bond donors (Lipinski definition) is 0. The maximum absolute atomic E-state index is 5.76. The second-order valence-corrected chi connectivity index (χ2v) is 11.8. The Bertz CT molecular complexity index is 917. The summed E-state index contributed by atoms with van der Waals surface area (Å²) in [5.41, 5.74) is 2.50. The number of rotatable bonds is 12. The van der Waals surface area contributed by atoms with Crippen LogP contribution >= 0.6 is 23.5 Å². The minimum absolute atomic E-state index is 0.0575. The lowest BCUT2D eigenvalue weighted by atomic mass is 9.94. The van der Waals surface area contributed by atoms with Crippen LogP contribution in [0.25, 0.3) is 0 Å². The van der Waals surface area contributed by atoms with Gasteiger partial charge in [-0.15, -0.1) is 23.5 Å². The molecule has 0 amide bonds. The standard InChI is InChI=1S/C27H39NO4S2/c1-7-21(23-11-10-22(29-3)18-25(23)31-5)19-28(27(2)33-15-8-16-34-27)14-13-20-9-12-24(30-4)26(17-20)32-6/h9-12,17-18,21H,7-8,13-16,19H2,1-6H3. The lowest BCUT2D eigenvalue weighted by Crippen LogP contribution is -2.46. The van der Waals surface area contributed by atoms with Crippen molar-refractivity contribution in [1.29, 1.82) is 0 Å². The topological polar surface area (TPSA) is 40.2 Å². The zero-order valence-electron chi connectivity index (χ0n) is 21.4. The van der Waals surface area contributed by atoms with Gasteiger partial charge in [0.2, 0.25) is 0 Å². The highest BCUT2D eigenvalue weighted by molar-refractivity contribution is 8.18. The maximum atomic E-state index is 5.76. The third-order valence-electron chi connectivity index (χ3n) is 6.54. The van der Waals surface area contributed by atoms with Gasteiger partial charge in [-0.25, -0.2) is 0 Å². The van der Waals surface area contributed by atoms with Gasteiger partial charge in [0.15, 0.2) is 11.5 Å². The second kappa shape index (κ2) is 12.8. The number of ether oxygens (including phenoxy) is 4. The Hall–Kier alpha value is -1.70. The van der Waals surface area contributed by atoms with Crippen LogP contribution in [0.1, 0.15) is 43.7 Å². The highest BCUT2D eigenvalue weighted by atomic mass is 32.2. The molecule has 0 aromatic heterocycles. The molecule has 2 aromatic rings. The van der Waals surface area contributed by atoms with Gasteiger partial charge in [0.05, 0.1) is 28.4 Å². The molecule has 7 heteroatoms. The van der Waals surface area contributed by atoms with Gasteiger partial charge in [-0.05, 0) is 67.0 Å². The van der Waals surface area contributed by atoms with E-state index in [1.807, 2.05) is 18.2 Å². The molecule has 1 atom stereocenters. The van der Waals surface area contributed by atoms with Gasteiger partial charge in [-0.3, -0.25) is 4.90 Å². The molecule has 3 rings (SSSR count). The molecule has 1 unspecified atom stereocenters. The molecular weight excluding hydrogens is 466 g/mol. The Kier molecular flexibility index (Phi) is 10.2. The van der Waals surface area contributed by atoms with E-state index in [4.69, 9.17) is 18.9 Å². The first-order valence-corrected chi connectivity index (χ1v) is 13.9. The van der Waals surface area contributed by atoms with E-state index in [-0.39, 0.29) is 4.20 Å². The van der Waals surface area contributed by atoms with Crippen LogP contribution in [0.2, 0.25) is 0 Å². The lowest BCUT2D eigenvalue weighted by Gasteiger charge is -2.44. The largest absolute Gasteiger partial charge is 0.497 e. The van der Waals surface area contributed by atoms with Gasteiger partial charge in [0.1, 0.15) is 15.7 Å². The zero-order chi connectivity index (χ0) is 24.6. The van der Waals surface area contributed by atoms with Crippen molar-refractivity contribution < 1.29 is 18.9 Å². The van der Waals surface area contributed by atoms with Crippen molar-refractivity contribution in [2.24, 2.45) is 0 Å². The van der Waals surface area contributed by atoms with Gasteiger partial charge in [-0.1, -0.05) is 19.1 Å². The summed E-state index contributed by atoms with van der Waals surface area (Å²) in [6.07, 6.45) is 3.27. The molecule has 0 aliphatic carbocycles. The van der Waals surface area contributed by atoms with Crippen molar-refractivity contribution in [3.63, 3.8) is 0 Å². The van der Waals surface area contributed by atoms with Gasteiger partial charge in [-0.2, -0.15) is 0 Å². The van der Waals surface area contributed by atoms with Crippen LogP contribution in [0.15, 0.2) is 36.4 Å². The van der Waals surface area contributed by atoms with E-state index in [9.17, 15) is 0 Å². The summed E-state index contributed by atoms with van der Waals surface area (Å²) < 4.78 is 22.2. The fraction of sp³-hybridized carbons (Fsp3) is 0.556. The van der Waals surface area contributed by atoms with Crippen LogP contribution in [0.3, 0.4) is 0 Å². The summed E-state index contributed by atoms with van der Waals surface area (Å²) in [6.45, 7) is 6.61. The van der Waals surface area contributed by atoms with E-state index in [0.29, 0.717) is 5.92 Å². The Morgan fingerprint density at radius 1 is 0.882 bits per heavy atom. The highest BCUT2D eigenvalue weighted by Gasteiger charge is 2.36. The normalized spacial score (nSPS) is 16.2. The third kappa shape index (κ3) is 6.49. The molecule has 1 aliphatic heterocycles. The lowest BCUT2D eigenvalue weighted by molar-refractivity contribution is 0.228. The molecule has 0 bridgehead atoms. The predicted octanol–water partition coefficient (Wildman–Crippen LogP) is 6.30. The molecule has 1 heterocycles. The fourth-order valence-corrected chi connectivity index (χ4v) is 7.48. The van der Waals surface area contributed by atoms with Crippen LogP contribution in [0, 0.1) is 0 Å². The van der Waals surface area contributed by atoms with Gasteiger partial charge < -0.3 is 18.9 Å². The molecule has 1 saturated heterocycles. The van der Waals surface area contributed by atoms with Crippen LogP contribution in [0.4, 0.5) is 0 Å². The number of nitrogens with zero attached hydrogens (tertiary/aromatic N) is 1. The number of benzene rings is 2. The molecule has 1 aliphatic rings. The van der Waals surface area contributed by atoms with Crippen molar-refractivity contribution in [3.8, 4) is 23.0 Å². The molecule has 34 heavy (non-hydrogen) atoms. The first kappa shape index (κ1) is 26.9. The molecule has 188 valence electrons. The minimum atomic E-state index is 0.0575. The van der Waals surface area contributed by atoms with Crippen LogP contribution < -0.4 is 18.9 Å². The van der Waals surface area contributed by atoms with Crippen molar-refractivity contribution in [2.75, 3.05) is 53.0 Å². The second-order valence-electron chi connectivity index (χ2n) is 8.55. The summed E-state index contributed by atoms with van der Waals surface area (Å²) in [4.78, 5) is 2.68. The Morgan fingerprint density at radius 2 is 1.59 bits per heavy atom. The minimum Gasteiger partial charge on any atom is -0.497 e. The number of thioether (sulfide) groups is 2. The van der Waals surface area contributed by atoms with Crippen LogP contribution in [-0.2, 0) is 6.42 Å². The van der Waals surface area contributed by atoms with Gasteiger partial charge in [0.25, 0.3) is 0 Å². The first-order chi connectivity index (χ1) is 16.5. The molecule has 0 saturated carbocycles. The summed E-state index contributed by atoms with van der Waals surface area (Å²) >= 11 is 4.16. The average molecular weight is 506 g/mol. The van der Waals surface area contributed by atoms with E-state index < -0.39 is 0 Å². The Balaban J connectivity index is 1.84. The Labute approximate surface area is 213 Å². The van der Waals surface area contributed by atoms with Gasteiger partial charge >= 0.3 is 0 Å². The summed E-state index contributed by atoms with van der Waals surface area (Å²) in [5.74, 6) is 6.06. The summed E-state index contributed by atoms with van der Waals surface area (Å²) in [5, 5.41) is 0. The SMILES string of the molecule is CCC(CN(CCc1ccc(OC)c(OC)c1)C1(C)SCCCS1)c1ccc(OC)cc1OC. The highest BCUT2D eigenvalue weighted by Crippen LogP contribution is 2.46. The zero-order valence-corrected chi connectivity index (χ0v) is 23.0. The van der Waals surface area contributed by atoms with Crippen molar-refractivity contribution in [3.05, 3.63) is 47.5 Å². The molecule has 5 nitrogen and oxygen atoms in total. The molecule has 1 fully saturated rings. The van der Waals surface area contributed by atoms with Crippen molar-refractivity contribution in [1.82, 2.24) is 4.90 Å². The molecule has 0 radical (unpaired) electrons. The van der Waals surface area contributed by atoms with Gasteiger partial charge in [0, 0.05) is 25.1 Å². The fourth-order valence-electron chi connectivity index (χ4n) is 4.44. The molecule has 2 aromatic carbocycles. The third-order valence-corrected chi connectivity index (χ3v) is 9.82. The molecule has 0 N–H and O–H groups in total. The van der Waals surface area contributed by atoms with Crippen molar-refractivity contribution >= 4 is 23.5 Å². The first-order valence-electron chi connectivity index (χ1n) is 11.9. The van der Waals surface area contributed by atoms with Crippen molar-refractivity contribution in [2.45, 2.75) is 43.2 Å². The smallest absolute Gasteiger partial charge is 0.160 e. The van der Waals surface area contributed by atoms with E-state index in [0.717, 1.165) is 48.9 Å². The van der Waals surface area contributed by atoms with E-state index >= 15 is 0 Å². The van der Waals surface area contributed by atoms with E-state index in [1.54, 1.807) is 28.4 Å². The van der Waals surface area contributed by atoms with E-state index in [2.05, 4.69) is 60.5 Å². The quantitative estimate of drug-likeness (QED) is 0.335. The molecule has 0 spiro atoms. The van der Waals surface area contributed by atoms with Crippen LogP contribution in [0.5, 0.6) is 23.0 Å². The average Bonchev–Trinajstić information content (AvgIpc) is 2.88. The summed E-state index contributed by atoms with van der Waals surface area (Å²) in [6, 6.07) is 12.5. The maximum Gasteiger partial charge on any atom is 0.160 e. The van der Waals surface area contributed by atoms with E-state index in [1.165, 1.54) is 29.1 Å². The Morgan fingerprint density at radius 3 is 2.21 bits per heavy atom. The monoisotopic (exact) mass is 505 g/mol. The molecular formula is C27H39NO4S2. The summed E-state index contributed by atoms with van der Waals surface area (Å²) in [7, 11) is 6.81. The number of hydrogen-bond acceptors (Lipinski definition) is 7. The van der Waals surface area contributed by atoms with Crippen LogP contribution in [-0.4, -0.2) is 62.1 Å². The predicted molar refractivity (Wildman–Crippen MR) is 145 cm³/mol. The number of methoxy groups -OCH3 is 4.